The van der Waals surface area contributed by atoms with Gasteiger partial charge in [0.1, 0.15) is 12.1 Å². The minimum Gasteiger partial charge on any atom is -0.340 e. The summed E-state index contributed by atoms with van der Waals surface area (Å²) >= 11 is 0. The molecule has 1 saturated heterocycles. The topological polar surface area (TPSA) is 62.3 Å². The number of amides is 2. The van der Waals surface area contributed by atoms with Crippen molar-refractivity contribution in [1.82, 2.24) is 15.2 Å². The molecular weight excluding hydrogens is 254 g/mol. The molecule has 1 spiro atoms. The molecule has 0 atom stereocenters. The zero-order valence-electron chi connectivity index (χ0n) is 11.5. The Hall–Kier alpha value is -1.91. The number of aromatic nitrogens is 1. The molecule has 2 amide bonds. The normalized spacial score (nSPS) is 21.9. The first kappa shape index (κ1) is 13.1. The second kappa shape index (κ2) is 5.23. The van der Waals surface area contributed by atoms with E-state index >= 15 is 0 Å². The number of pyridine rings is 1. The van der Waals surface area contributed by atoms with Crippen molar-refractivity contribution in [2.75, 3.05) is 6.54 Å². The Balaban J connectivity index is 1.80. The quantitative estimate of drug-likeness (QED) is 0.882. The summed E-state index contributed by atoms with van der Waals surface area (Å²) in [5, 5.41) is 2.95. The van der Waals surface area contributed by atoms with Crippen LogP contribution in [-0.4, -0.2) is 33.8 Å². The van der Waals surface area contributed by atoms with Crippen molar-refractivity contribution < 1.29 is 9.59 Å². The largest absolute Gasteiger partial charge is 0.340 e. The van der Waals surface area contributed by atoms with Crippen LogP contribution < -0.4 is 5.32 Å². The lowest BCUT2D eigenvalue weighted by Crippen LogP contribution is -2.66. The monoisotopic (exact) mass is 273 g/mol. The fourth-order valence-corrected chi connectivity index (χ4v) is 3.22. The van der Waals surface area contributed by atoms with E-state index < -0.39 is 5.54 Å². The molecule has 5 heteroatoms. The Labute approximate surface area is 118 Å². The van der Waals surface area contributed by atoms with Crippen molar-refractivity contribution in [3.8, 4) is 0 Å². The van der Waals surface area contributed by atoms with Gasteiger partial charge < -0.3 is 10.2 Å². The Bertz CT molecular complexity index is 509. The van der Waals surface area contributed by atoms with Crippen molar-refractivity contribution in [2.45, 2.75) is 44.2 Å². The highest BCUT2D eigenvalue weighted by atomic mass is 16.2. The van der Waals surface area contributed by atoms with Gasteiger partial charge >= 0.3 is 0 Å². The number of carbonyl (C=O) groups excluding carboxylic acids is 2. The lowest BCUT2D eigenvalue weighted by atomic mass is 9.79. The molecule has 1 aliphatic carbocycles. The maximum absolute atomic E-state index is 12.7. The summed E-state index contributed by atoms with van der Waals surface area (Å²) in [4.78, 5) is 30.6. The van der Waals surface area contributed by atoms with Crippen LogP contribution in [0.4, 0.5) is 0 Å². The molecule has 0 aromatic carbocycles. The van der Waals surface area contributed by atoms with E-state index in [1.807, 2.05) is 18.2 Å². The molecule has 2 aliphatic rings. The second-order valence-electron chi connectivity index (χ2n) is 5.67. The SMILES string of the molecule is O=C1CN(Cc2ccccn2)C(=O)C2(CCCCC2)N1. The Morgan fingerprint density at radius 3 is 2.70 bits per heavy atom. The van der Waals surface area contributed by atoms with Crippen molar-refractivity contribution >= 4 is 11.8 Å². The van der Waals surface area contributed by atoms with Gasteiger partial charge in [0.15, 0.2) is 0 Å². The molecule has 106 valence electrons. The number of nitrogens with one attached hydrogen (secondary N) is 1. The number of hydrogen-bond acceptors (Lipinski definition) is 3. The van der Waals surface area contributed by atoms with Crippen molar-refractivity contribution in [3.63, 3.8) is 0 Å². The summed E-state index contributed by atoms with van der Waals surface area (Å²) < 4.78 is 0. The third kappa shape index (κ3) is 2.40. The van der Waals surface area contributed by atoms with Gasteiger partial charge in [0, 0.05) is 6.20 Å². The molecule has 2 fully saturated rings. The van der Waals surface area contributed by atoms with Crippen LogP contribution in [0.3, 0.4) is 0 Å². The zero-order chi connectivity index (χ0) is 14.0. The molecule has 1 saturated carbocycles. The number of rotatable bonds is 2. The van der Waals surface area contributed by atoms with Gasteiger partial charge in [-0.25, -0.2) is 0 Å². The fourth-order valence-electron chi connectivity index (χ4n) is 3.22. The predicted molar refractivity (Wildman–Crippen MR) is 73.6 cm³/mol. The van der Waals surface area contributed by atoms with Crippen LogP contribution >= 0.6 is 0 Å². The van der Waals surface area contributed by atoms with E-state index in [0.717, 1.165) is 37.8 Å². The van der Waals surface area contributed by atoms with Crippen LogP contribution in [0.5, 0.6) is 0 Å². The average Bonchev–Trinajstić information content (AvgIpc) is 2.46. The molecule has 5 nitrogen and oxygen atoms in total. The number of hydrogen-bond donors (Lipinski definition) is 1. The van der Waals surface area contributed by atoms with E-state index in [9.17, 15) is 9.59 Å². The van der Waals surface area contributed by atoms with Gasteiger partial charge in [0.2, 0.25) is 11.8 Å². The summed E-state index contributed by atoms with van der Waals surface area (Å²) in [6, 6.07) is 5.62. The predicted octanol–water partition coefficient (Wildman–Crippen LogP) is 1.24. The number of nitrogens with zero attached hydrogens (tertiary/aromatic N) is 2. The van der Waals surface area contributed by atoms with Gasteiger partial charge in [0.25, 0.3) is 0 Å². The highest BCUT2D eigenvalue weighted by Gasteiger charge is 2.46. The third-order valence-corrected chi connectivity index (χ3v) is 4.20. The number of carbonyl (C=O) groups is 2. The molecule has 1 aromatic rings. The van der Waals surface area contributed by atoms with E-state index in [4.69, 9.17) is 0 Å². The van der Waals surface area contributed by atoms with E-state index in [1.165, 1.54) is 0 Å². The van der Waals surface area contributed by atoms with Crippen LogP contribution in [0.2, 0.25) is 0 Å². The first-order valence-electron chi connectivity index (χ1n) is 7.20. The minimum absolute atomic E-state index is 0.0533. The van der Waals surface area contributed by atoms with E-state index in [0.29, 0.717) is 6.54 Å². The molecule has 1 N–H and O–H groups in total. The van der Waals surface area contributed by atoms with Gasteiger partial charge in [-0.1, -0.05) is 25.3 Å². The summed E-state index contributed by atoms with van der Waals surface area (Å²) in [6.07, 6.45) is 6.38. The molecule has 1 aromatic heterocycles. The van der Waals surface area contributed by atoms with Gasteiger partial charge in [-0.15, -0.1) is 0 Å². The van der Waals surface area contributed by atoms with Crippen LogP contribution in [0, 0.1) is 0 Å². The van der Waals surface area contributed by atoms with Gasteiger partial charge in [-0.05, 0) is 25.0 Å². The third-order valence-electron chi connectivity index (χ3n) is 4.20. The van der Waals surface area contributed by atoms with E-state index in [-0.39, 0.29) is 18.4 Å². The summed E-state index contributed by atoms with van der Waals surface area (Å²) in [6.45, 7) is 0.548. The molecule has 0 unspecified atom stereocenters. The van der Waals surface area contributed by atoms with E-state index in [2.05, 4.69) is 10.3 Å². The van der Waals surface area contributed by atoms with Crippen LogP contribution in [0.25, 0.3) is 0 Å². The van der Waals surface area contributed by atoms with E-state index in [1.54, 1.807) is 11.1 Å². The van der Waals surface area contributed by atoms with Gasteiger partial charge in [-0.2, -0.15) is 0 Å². The maximum atomic E-state index is 12.7. The number of piperazine rings is 1. The Kier molecular flexibility index (Phi) is 3.42. The molecule has 0 radical (unpaired) electrons. The Morgan fingerprint density at radius 2 is 2.00 bits per heavy atom. The first-order chi connectivity index (χ1) is 9.70. The Morgan fingerprint density at radius 1 is 1.20 bits per heavy atom. The standard InChI is InChI=1S/C15H19N3O2/c19-13-11-18(10-12-6-2-5-9-16-12)14(20)15(17-13)7-3-1-4-8-15/h2,5-6,9H,1,3-4,7-8,10-11H2,(H,17,19). The van der Waals surface area contributed by atoms with Gasteiger partial charge in [-0.3, -0.25) is 14.6 Å². The summed E-state index contributed by atoms with van der Waals surface area (Å²) in [7, 11) is 0. The van der Waals surface area contributed by atoms with Crippen molar-refractivity contribution in [3.05, 3.63) is 30.1 Å². The zero-order valence-corrected chi connectivity index (χ0v) is 11.5. The maximum Gasteiger partial charge on any atom is 0.249 e. The molecule has 1 aliphatic heterocycles. The highest BCUT2D eigenvalue weighted by molar-refractivity contribution is 5.98. The minimum atomic E-state index is -0.650. The van der Waals surface area contributed by atoms with Crippen LogP contribution in [-0.2, 0) is 16.1 Å². The lowest BCUT2D eigenvalue weighted by Gasteiger charge is -2.44. The van der Waals surface area contributed by atoms with Crippen molar-refractivity contribution in [2.24, 2.45) is 0 Å². The van der Waals surface area contributed by atoms with Crippen LogP contribution in [0.1, 0.15) is 37.8 Å². The molecular formula is C15H19N3O2. The smallest absolute Gasteiger partial charge is 0.249 e. The second-order valence-corrected chi connectivity index (χ2v) is 5.67. The van der Waals surface area contributed by atoms with Gasteiger partial charge in [0.05, 0.1) is 12.2 Å². The van der Waals surface area contributed by atoms with Crippen LogP contribution in [0.15, 0.2) is 24.4 Å². The average molecular weight is 273 g/mol. The summed E-state index contributed by atoms with van der Waals surface area (Å²) in [5.41, 5.74) is 0.170. The molecule has 2 heterocycles. The van der Waals surface area contributed by atoms with Crippen molar-refractivity contribution in [1.29, 1.82) is 0 Å². The molecule has 3 rings (SSSR count). The molecule has 0 bridgehead atoms. The highest BCUT2D eigenvalue weighted by Crippen LogP contribution is 2.32. The first-order valence-corrected chi connectivity index (χ1v) is 7.20. The summed E-state index contributed by atoms with van der Waals surface area (Å²) in [5.74, 6) is 0.00452. The fraction of sp³-hybridized carbons (Fsp3) is 0.533. The lowest BCUT2D eigenvalue weighted by molar-refractivity contribution is -0.152. The molecule has 20 heavy (non-hydrogen) atoms.